The van der Waals surface area contributed by atoms with Crippen molar-refractivity contribution in [2.24, 2.45) is 0 Å². The molecule has 1 aliphatic rings. The number of ether oxygens (including phenoxy) is 1. The molecule has 10 heteroatoms. The van der Waals surface area contributed by atoms with Gasteiger partial charge in [-0.05, 0) is 86.1 Å². The van der Waals surface area contributed by atoms with E-state index in [9.17, 15) is 8.42 Å². The molecule has 1 fully saturated rings. The summed E-state index contributed by atoms with van der Waals surface area (Å²) in [5.74, 6) is 0.416. The summed E-state index contributed by atoms with van der Waals surface area (Å²) < 4.78 is 34.6. The number of hydrogen-bond acceptors (Lipinski definition) is 5. The van der Waals surface area contributed by atoms with Crippen LogP contribution in [-0.4, -0.2) is 36.4 Å². The van der Waals surface area contributed by atoms with Crippen LogP contribution in [0, 0.1) is 13.8 Å². The number of hydrogen-bond donors (Lipinski definition) is 2. The van der Waals surface area contributed by atoms with E-state index >= 15 is 0 Å². The molecular formula is C30H33N5O3S2. The average Bonchev–Trinajstić information content (AvgIpc) is 3.42. The van der Waals surface area contributed by atoms with Gasteiger partial charge in [0.25, 0.3) is 0 Å². The van der Waals surface area contributed by atoms with E-state index in [0.29, 0.717) is 16.5 Å². The minimum atomic E-state index is -3.54. The second-order valence-corrected chi connectivity index (χ2v) is 12.0. The number of anilines is 2. The number of aromatic nitrogens is 2. The molecule has 208 valence electrons. The Hall–Kier alpha value is -3.89. The predicted molar refractivity (Wildman–Crippen MR) is 164 cm³/mol. The molecular weight excluding hydrogens is 542 g/mol. The number of methoxy groups -OCH3 is 1. The molecule has 1 saturated heterocycles. The third-order valence-corrected chi connectivity index (χ3v) is 8.16. The Kier molecular flexibility index (Phi) is 7.57. The highest BCUT2D eigenvalue weighted by Crippen LogP contribution is 2.45. The van der Waals surface area contributed by atoms with Crippen LogP contribution in [0.1, 0.15) is 47.2 Å². The molecule has 4 aromatic rings. The van der Waals surface area contributed by atoms with Gasteiger partial charge in [-0.1, -0.05) is 31.2 Å². The Labute approximate surface area is 241 Å². The second-order valence-electron chi connectivity index (χ2n) is 9.90. The molecule has 2 N–H and O–H groups in total. The molecule has 0 saturated carbocycles. The third-order valence-electron chi connectivity index (χ3n) is 7.26. The van der Waals surface area contributed by atoms with Crippen LogP contribution in [0.2, 0.25) is 0 Å². The maximum Gasteiger partial charge on any atom is 0.229 e. The van der Waals surface area contributed by atoms with Gasteiger partial charge in [0.05, 0.1) is 36.8 Å². The molecule has 0 bridgehead atoms. The SMILES string of the molecule is CCc1ccccc1-n1c(C)cc(C2C(c3ccccn3)NC(=S)N2c2ccc(OC)c(NS(C)(=O)=O)c2)c1C. The van der Waals surface area contributed by atoms with E-state index in [-0.39, 0.29) is 12.1 Å². The molecule has 2 atom stereocenters. The first-order chi connectivity index (χ1) is 19.1. The van der Waals surface area contributed by atoms with Gasteiger partial charge in [-0.2, -0.15) is 0 Å². The van der Waals surface area contributed by atoms with Crippen LogP contribution in [0.5, 0.6) is 5.75 Å². The second kappa shape index (κ2) is 10.9. The molecule has 40 heavy (non-hydrogen) atoms. The minimum Gasteiger partial charge on any atom is -0.495 e. The van der Waals surface area contributed by atoms with Gasteiger partial charge in [0, 0.05) is 29.0 Å². The van der Waals surface area contributed by atoms with Gasteiger partial charge in [0.1, 0.15) is 5.75 Å². The summed E-state index contributed by atoms with van der Waals surface area (Å²) in [6.07, 6.45) is 3.81. The van der Waals surface area contributed by atoms with E-state index in [1.54, 1.807) is 18.3 Å². The Morgan fingerprint density at radius 1 is 1.07 bits per heavy atom. The van der Waals surface area contributed by atoms with E-state index in [2.05, 4.69) is 70.7 Å². The number of nitrogens with zero attached hydrogens (tertiary/aromatic N) is 3. The maximum atomic E-state index is 12.1. The fourth-order valence-electron chi connectivity index (χ4n) is 5.56. The number of rotatable bonds is 8. The molecule has 0 radical (unpaired) electrons. The van der Waals surface area contributed by atoms with Crippen molar-refractivity contribution in [3.05, 3.63) is 101 Å². The zero-order valence-corrected chi connectivity index (χ0v) is 24.8. The first kappa shape index (κ1) is 27.7. The molecule has 0 aliphatic carbocycles. The van der Waals surface area contributed by atoms with Gasteiger partial charge in [-0.15, -0.1) is 0 Å². The zero-order valence-electron chi connectivity index (χ0n) is 23.2. The number of para-hydroxylation sites is 1. The molecule has 3 heterocycles. The number of nitrogens with one attached hydrogen (secondary N) is 2. The maximum absolute atomic E-state index is 12.1. The topological polar surface area (TPSA) is 88.5 Å². The van der Waals surface area contributed by atoms with E-state index < -0.39 is 10.0 Å². The van der Waals surface area contributed by atoms with Crippen molar-refractivity contribution in [3.8, 4) is 11.4 Å². The van der Waals surface area contributed by atoms with Crippen molar-refractivity contribution in [1.29, 1.82) is 0 Å². The van der Waals surface area contributed by atoms with Gasteiger partial charge in [0.2, 0.25) is 10.0 Å². The molecule has 2 aromatic heterocycles. The standard InChI is InChI=1S/C30H33N5O3S2/c1-6-21-11-7-8-13-26(21)34-19(2)17-23(20(34)3)29-28(24-12-9-10-16-31-24)32-30(39)35(29)22-14-15-27(38-4)25(18-22)33-40(5,36)37/h7-18,28-29,33H,6H2,1-5H3,(H,32,39). The smallest absolute Gasteiger partial charge is 0.229 e. The summed E-state index contributed by atoms with van der Waals surface area (Å²) >= 11 is 5.92. The van der Waals surface area contributed by atoms with Gasteiger partial charge in [-0.25, -0.2) is 8.42 Å². The zero-order chi connectivity index (χ0) is 28.6. The largest absolute Gasteiger partial charge is 0.495 e. The number of pyridine rings is 1. The average molecular weight is 576 g/mol. The van der Waals surface area contributed by atoms with E-state index in [4.69, 9.17) is 17.0 Å². The predicted octanol–water partition coefficient (Wildman–Crippen LogP) is 5.61. The highest BCUT2D eigenvalue weighted by atomic mass is 32.2. The van der Waals surface area contributed by atoms with E-state index in [1.807, 2.05) is 29.2 Å². The lowest BCUT2D eigenvalue weighted by molar-refractivity contribution is 0.417. The fourth-order valence-corrected chi connectivity index (χ4v) is 6.46. The van der Waals surface area contributed by atoms with Crippen LogP contribution in [-0.2, 0) is 16.4 Å². The number of benzene rings is 2. The molecule has 0 amide bonds. The van der Waals surface area contributed by atoms with Gasteiger partial charge in [-0.3, -0.25) is 9.71 Å². The van der Waals surface area contributed by atoms with Gasteiger partial charge in [0.15, 0.2) is 5.11 Å². The van der Waals surface area contributed by atoms with Crippen LogP contribution >= 0.6 is 12.2 Å². The lowest BCUT2D eigenvalue weighted by Gasteiger charge is -2.29. The molecule has 5 rings (SSSR count). The highest BCUT2D eigenvalue weighted by Gasteiger charge is 2.42. The highest BCUT2D eigenvalue weighted by molar-refractivity contribution is 7.92. The molecule has 2 unspecified atom stereocenters. The van der Waals surface area contributed by atoms with Crippen LogP contribution in [0.4, 0.5) is 11.4 Å². The van der Waals surface area contributed by atoms with Crippen LogP contribution in [0.25, 0.3) is 5.69 Å². The summed E-state index contributed by atoms with van der Waals surface area (Å²) in [7, 11) is -2.03. The fraction of sp³-hybridized carbons (Fsp3) is 0.267. The Balaban J connectivity index is 1.70. The lowest BCUT2D eigenvalue weighted by Crippen LogP contribution is -2.29. The molecule has 8 nitrogen and oxygen atoms in total. The van der Waals surface area contributed by atoms with Gasteiger partial charge < -0.3 is 19.5 Å². The van der Waals surface area contributed by atoms with Crippen LogP contribution < -0.4 is 19.7 Å². The van der Waals surface area contributed by atoms with Crippen molar-refractivity contribution in [1.82, 2.24) is 14.9 Å². The summed E-state index contributed by atoms with van der Waals surface area (Å²) in [4.78, 5) is 6.71. The summed E-state index contributed by atoms with van der Waals surface area (Å²) in [5.41, 5.74) is 7.66. The normalized spacial score (nSPS) is 17.1. The van der Waals surface area contributed by atoms with Crippen molar-refractivity contribution < 1.29 is 13.2 Å². The molecule has 1 aliphatic heterocycles. The van der Waals surface area contributed by atoms with Crippen LogP contribution in [0.15, 0.2) is 72.9 Å². The van der Waals surface area contributed by atoms with Crippen molar-refractivity contribution >= 4 is 38.7 Å². The Morgan fingerprint density at radius 2 is 1.82 bits per heavy atom. The monoisotopic (exact) mass is 575 g/mol. The van der Waals surface area contributed by atoms with Crippen molar-refractivity contribution in [3.63, 3.8) is 0 Å². The van der Waals surface area contributed by atoms with Gasteiger partial charge >= 0.3 is 0 Å². The summed E-state index contributed by atoms with van der Waals surface area (Å²) in [6.45, 7) is 6.41. The van der Waals surface area contributed by atoms with Crippen LogP contribution in [0.3, 0.4) is 0 Å². The minimum absolute atomic E-state index is 0.238. The Bertz CT molecular complexity index is 1670. The number of aryl methyl sites for hydroxylation is 2. The lowest BCUT2D eigenvalue weighted by atomic mass is 9.96. The quantitative estimate of drug-likeness (QED) is 0.264. The first-order valence-electron chi connectivity index (χ1n) is 13.1. The number of thiocarbonyl (C=S) groups is 1. The number of sulfonamides is 1. The summed E-state index contributed by atoms with van der Waals surface area (Å²) in [6, 6.07) is 21.4. The third kappa shape index (κ3) is 5.16. The van der Waals surface area contributed by atoms with Crippen molar-refractivity contribution in [2.45, 2.75) is 39.3 Å². The molecule has 2 aromatic carbocycles. The van der Waals surface area contributed by atoms with E-state index in [1.165, 1.54) is 12.7 Å². The first-order valence-corrected chi connectivity index (χ1v) is 15.4. The summed E-state index contributed by atoms with van der Waals surface area (Å²) in [5, 5.41) is 4.02. The Morgan fingerprint density at radius 3 is 2.50 bits per heavy atom. The van der Waals surface area contributed by atoms with Crippen molar-refractivity contribution in [2.75, 3.05) is 23.0 Å². The van der Waals surface area contributed by atoms with E-state index in [0.717, 1.165) is 46.7 Å². The molecule has 0 spiro atoms.